The van der Waals surface area contributed by atoms with Gasteiger partial charge in [-0.2, -0.15) is 19.6 Å². The summed E-state index contributed by atoms with van der Waals surface area (Å²) < 4.78 is 0. The van der Waals surface area contributed by atoms with E-state index in [9.17, 15) is 5.11 Å². The van der Waals surface area contributed by atoms with E-state index in [4.69, 9.17) is 19.6 Å². The largest absolute Gasteiger partial charge is 0.508 e. The molecule has 1 saturated heterocycles. The molecule has 1 aliphatic heterocycles. The zero-order valence-electron chi connectivity index (χ0n) is 16.6. The Morgan fingerprint density at radius 2 is 1.56 bits per heavy atom. The number of phenols is 1. The Morgan fingerprint density at radius 1 is 0.926 bits per heavy atom. The van der Waals surface area contributed by atoms with Crippen molar-refractivity contribution in [1.82, 2.24) is 0 Å². The number of hydrogen-bond acceptors (Lipinski definition) is 5. The lowest BCUT2D eigenvalue weighted by Crippen LogP contribution is -2.58. The van der Waals surface area contributed by atoms with Crippen LogP contribution in [0.15, 0.2) is 24.3 Å². The van der Waals surface area contributed by atoms with Crippen LogP contribution in [0.25, 0.3) is 0 Å². The van der Waals surface area contributed by atoms with Crippen molar-refractivity contribution < 1.29 is 24.7 Å². The Hall–Kier alpha value is -1.14. The minimum absolute atomic E-state index is 0.277. The summed E-state index contributed by atoms with van der Waals surface area (Å²) in [4.78, 5) is 23.9. The molecule has 0 bridgehead atoms. The summed E-state index contributed by atoms with van der Waals surface area (Å²) in [7, 11) is 0. The third-order valence-electron chi connectivity index (χ3n) is 6.75. The van der Waals surface area contributed by atoms with Crippen molar-refractivity contribution >= 4 is 0 Å². The molecule has 0 radical (unpaired) electrons. The molecule has 5 heteroatoms. The maximum absolute atomic E-state index is 9.48. The van der Waals surface area contributed by atoms with Crippen molar-refractivity contribution in [3.63, 3.8) is 0 Å². The summed E-state index contributed by atoms with van der Waals surface area (Å²) in [6.07, 6.45) is 6.41. The van der Waals surface area contributed by atoms with E-state index in [0.717, 1.165) is 38.5 Å². The molecular weight excluding hydrogens is 344 g/mol. The molecule has 1 aromatic carbocycles. The Morgan fingerprint density at radius 3 is 2.15 bits per heavy atom. The number of benzene rings is 1. The van der Waals surface area contributed by atoms with Crippen LogP contribution in [0, 0.1) is 17.8 Å². The predicted octanol–water partition coefficient (Wildman–Crippen LogP) is 5.44. The topological polar surface area (TPSA) is 57.2 Å². The lowest BCUT2D eigenvalue weighted by Gasteiger charge is -2.51. The van der Waals surface area contributed by atoms with Gasteiger partial charge in [0.25, 0.3) is 0 Å². The highest BCUT2D eigenvalue weighted by molar-refractivity contribution is 5.28. The van der Waals surface area contributed by atoms with Gasteiger partial charge in [0.15, 0.2) is 0 Å². The van der Waals surface area contributed by atoms with Crippen LogP contribution in [0.5, 0.6) is 5.75 Å². The van der Waals surface area contributed by atoms with Crippen LogP contribution in [0.4, 0.5) is 0 Å². The molecule has 2 aliphatic carbocycles. The highest BCUT2D eigenvalue weighted by Gasteiger charge is 2.56. The molecule has 2 saturated carbocycles. The zero-order valence-corrected chi connectivity index (χ0v) is 16.6. The van der Waals surface area contributed by atoms with Gasteiger partial charge in [0, 0.05) is 25.2 Å². The maximum atomic E-state index is 9.48. The van der Waals surface area contributed by atoms with Gasteiger partial charge in [-0.15, -0.1) is 0 Å². The van der Waals surface area contributed by atoms with Crippen LogP contribution in [0.2, 0.25) is 0 Å². The van der Waals surface area contributed by atoms with Gasteiger partial charge >= 0.3 is 0 Å². The standard InChI is InChI=1S/C22H32O5/c1-15(2)20-9-4-16(3)14-22(20)26-24-21(25-27-22)12-10-18(11-13-21)17-5-7-19(23)8-6-17/h5-8,15-16,18,20,23H,4,9-14H2,1-3H3. The number of hydrogen-bond donors (Lipinski definition) is 1. The average molecular weight is 376 g/mol. The second-order valence-electron chi connectivity index (χ2n) is 9.16. The van der Waals surface area contributed by atoms with E-state index in [1.54, 1.807) is 12.1 Å². The van der Waals surface area contributed by atoms with Crippen LogP contribution in [-0.2, 0) is 19.6 Å². The summed E-state index contributed by atoms with van der Waals surface area (Å²) in [5.74, 6) is 0.442. The van der Waals surface area contributed by atoms with Gasteiger partial charge in [-0.05, 0) is 54.7 Å². The highest BCUT2D eigenvalue weighted by Crippen LogP contribution is 2.51. The van der Waals surface area contributed by atoms with Gasteiger partial charge in [-0.25, -0.2) is 0 Å². The van der Waals surface area contributed by atoms with Crippen molar-refractivity contribution in [1.29, 1.82) is 0 Å². The van der Waals surface area contributed by atoms with Crippen molar-refractivity contribution in [3.8, 4) is 5.75 Å². The van der Waals surface area contributed by atoms with E-state index in [2.05, 4.69) is 20.8 Å². The molecule has 2 spiro atoms. The lowest BCUT2D eigenvalue weighted by molar-refractivity contribution is -0.671. The van der Waals surface area contributed by atoms with Gasteiger partial charge in [0.05, 0.1) is 0 Å². The lowest BCUT2D eigenvalue weighted by atomic mass is 9.73. The molecule has 2 unspecified atom stereocenters. The smallest absolute Gasteiger partial charge is 0.237 e. The van der Waals surface area contributed by atoms with E-state index in [-0.39, 0.29) is 5.92 Å². The molecule has 4 rings (SSSR count). The van der Waals surface area contributed by atoms with Crippen LogP contribution in [0.3, 0.4) is 0 Å². The summed E-state index contributed by atoms with van der Waals surface area (Å²) in [6.45, 7) is 6.66. The van der Waals surface area contributed by atoms with E-state index in [1.165, 1.54) is 12.0 Å². The minimum Gasteiger partial charge on any atom is -0.508 e. The first-order chi connectivity index (χ1) is 12.9. The third-order valence-corrected chi connectivity index (χ3v) is 6.75. The van der Waals surface area contributed by atoms with E-state index in [1.807, 2.05) is 12.1 Å². The van der Waals surface area contributed by atoms with Crippen molar-refractivity contribution in [2.75, 3.05) is 0 Å². The summed E-state index contributed by atoms with van der Waals surface area (Å²) in [6, 6.07) is 7.50. The van der Waals surface area contributed by atoms with E-state index < -0.39 is 11.6 Å². The molecular formula is C22H32O5. The summed E-state index contributed by atoms with van der Waals surface area (Å²) in [5.41, 5.74) is 1.25. The maximum Gasteiger partial charge on any atom is 0.237 e. The molecule has 27 heavy (non-hydrogen) atoms. The molecule has 0 amide bonds. The predicted molar refractivity (Wildman–Crippen MR) is 100 cm³/mol. The molecule has 150 valence electrons. The van der Waals surface area contributed by atoms with Crippen LogP contribution >= 0.6 is 0 Å². The van der Waals surface area contributed by atoms with Crippen LogP contribution in [-0.4, -0.2) is 16.7 Å². The van der Waals surface area contributed by atoms with Crippen LogP contribution in [0.1, 0.15) is 77.2 Å². The molecule has 1 N–H and O–H groups in total. The van der Waals surface area contributed by atoms with Gasteiger partial charge in [0.2, 0.25) is 11.6 Å². The van der Waals surface area contributed by atoms with E-state index in [0.29, 0.717) is 23.5 Å². The van der Waals surface area contributed by atoms with E-state index >= 15 is 0 Å². The van der Waals surface area contributed by atoms with Gasteiger partial charge in [0.1, 0.15) is 5.75 Å². The first-order valence-electron chi connectivity index (χ1n) is 10.4. The van der Waals surface area contributed by atoms with Gasteiger partial charge < -0.3 is 5.11 Å². The number of rotatable bonds is 2. The number of aromatic hydroxyl groups is 1. The molecule has 3 aliphatic rings. The van der Waals surface area contributed by atoms with Gasteiger partial charge in [-0.1, -0.05) is 39.3 Å². The number of phenolic OH excluding ortho intramolecular Hbond substituents is 1. The van der Waals surface area contributed by atoms with Crippen LogP contribution < -0.4 is 0 Å². The Balaban J connectivity index is 1.39. The van der Waals surface area contributed by atoms with Gasteiger partial charge in [-0.3, -0.25) is 0 Å². The fourth-order valence-electron chi connectivity index (χ4n) is 5.08. The van der Waals surface area contributed by atoms with Crippen molar-refractivity contribution in [2.45, 2.75) is 83.2 Å². The Bertz CT molecular complexity index is 623. The Labute approximate surface area is 161 Å². The normalized spacial score (nSPS) is 39.9. The fourth-order valence-corrected chi connectivity index (χ4v) is 5.08. The quantitative estimate of drug-likeness (QED) is 0.696. The molecule has 5 nitrogen and oxygen atoms in total. The summed E-state index contributed by atoms with van der Waals surface area (Å²) >= 11 is 0. The second kappa shape index (κ2) is 7.36. The third kappa shape index (κ3) is 3.75. The highest BCUT2D eigenvalue weighted by atomic mass is 17.4. The summed E-state index contributed by atoms with van der Waals surface area (Å²) in [5, 5.41) is 9.48. The SMILES string of the molecule is CC1CCC(C(C)C)C2(C1)OOC1(CCC(c3ccc(O)cc3)CC1)OO2. The molecule has 1 heterocycles. The molecule has 1 aromatic rings. The van der Waals surface area contributed by atoms with Crippen molar-refractivity contribution in [2.24, 2.45) is 17.8 Å². The van der Waals surface area contributed by atoms with Crippen molar-refractivity contribution in [3.05, 3.63) is 29.8 Å². The zero-order chi connectivity index (χ0) is 19.1. The monoisotopic (exact) mass is 376 g/mol. The Kier molecular flexibility index (Phi) is 5.23. The average Bonchev–Trinajstić information content (AvgIpc) is 2.66. The first kappa shape index (κ1) is 19.2. The molecule has 3 fully saturated rings. The first-order valence-corrected chi connectivity index (χ1v) is 10.4. The second-order valence-corrected chi connectivity index (χ2v) is 9.16. The molecule has 2 atom stereocenters. The fraction of sp³-hybridized carbons (Fsp3) is 0.727. The minimum atomic E-state index is -0.791. The molecule has 0 aromatic heterocycles.